The van der Waals surface area contributed by atoms with Crippen molar-refractivity contribution in [1.29, 1.82) is 0 Å². The fourth-order valence-electron chi connectivity index (χ4n) is 2.76. The molecule has 0 saturated carbocycles. The summed E-state index contributed by atoms with van der Waals surface area (Å²) in [5.74, 6) is 1.08. The van der Waals surface area contributed by atoms with Crippen molar-refractivity contribution in [2.24, 2.45) is 0 Å². The van der Waals surface area contributed by atoms with Gasteiger partial charge < -0.3 is 19.9 Å². The van der Waals surface area contributed by atoms with E-state index >= 15 is 0 Å². The van der Waals surface area contributed by atoms with Crippen LogP contribution in [0.2, 0.25) is 0 Å². The second kappa shape index (κ2) is 5.77. The molecule has 120 valence electrons. The number of carbonyl (C=O) groups is 1. The average Bonchev–Trinajstić information content (AvgIpc) is 2.62. The third-order valence-electron chi connectivity index (χ3n) is 3.96. The van der Waals surface area contributed by atoms with Crippen LogP contribution >= 0.6 is 0 Å². The summed E-state index contributed by atoms with van der Waals surface area (Å²) >= 11 is 0. The van der Waals surface area contributed by atoms with E-state index in [0.29, 0.717) is 22.6 Å². The Morgan fingerprint density at radius 3 is 2.58 bits per heavy atom. The molecule has 1 amide bonds. The second-order valence-electron chi connectivity index (χ2n) is 5.53. The maximum absolute atomic E-state index is 12.5. The third kappa shape index (κ3) is 2.50. The lowest BCUT2D eigenvalue weighted by atomic mass is 10.1. The van der Waals surface area contributed by atoms with Crippen molar-refractivity contribution < 1.29 is 19.4 Å². The van der Waals surface area contributed by atoms with Crippen LogP contribution in [0.1, 0.15) is 0 Å². The molecule has 0 radical (unpaired) electrons. The number of amides is 1. The Kier molecular flexibility index (Phi) is 3.46. The van der Waals surface area contributed by atoms with Gasteiger partial charge in [-0.3, -0.25) is 4.79 Å². The van der Waals surface area contributed by atoms with Crippen LogP contribution in [0.4, 0.5) is 5.69 Å². The van der Waals surface area contributed by atoms with E-state index in [1.54, 1.807) is 42.5 Å². The number of nitrogens with one attached hydrogen (secondary N) is 1. The van der Waals surface area contributed by atoms with E-state index in [9.17, 15) is 9.90 Å². The van der Waals surface area contributed by atoms with Crippen molar-refractivity contribution in [2.45, 2.75) is 6.10 Å². The number of para-hydroxylation sites is 2. The molecule has 1 aliphatic heterocycles. The van der Waals surface area contributed by atoms with Gasteiger partial charge in [0.25, 0.3) is 5.91 Å². The van der Waals surface area contributed by atoms with Gasteiger partial charge in [0.1, 0.15) is 12.4 Å². The minimum Gasteiger partial charge on any atom is -0.507 e. The van der Waals surface area contributed by atoms with Crippen molar-refractivity contribution in [3.05, 3.63) is 60.7 Å². The molecule has 3 aromatic carbocycles. The molecule has 0 bridgehead atoms. The number of aromatic hydroxyl groups is 1. The highest BCUT2D eigenvalue weighted by molar-refractivity contribution is 6.05. The van der Waals surface area contributed by atoms with Crippen LogP contribution in [0, 0.1) is 0 Å². The lowest BCUT2D eigenvalue weighted by Crippen LogP contribution is -2.40. The normalized spacial score (nSPS) is 15.9. The molecule has 0 aliphatic carbocycles. The smallest absolute Gasteiger partial charge is 0.269 e. The van der Waals surface area contributed by atoms with E-state index in [0.717, 1.165) is 5.39 Å². The zero-order chi connectivity index (χ0) is 16.5. The van der Waals surface area contributed by atoms with Gasteiger partial charge in [-0.05, 0) is 24.3 Å². The number of fused-ring (bicyclic) bond motifs is 2. The Morgan fingerprint density at radius 2 is 1.71 bits per heavy atom. The van der Waals surface area contributed by atoms with Crippen LogP contribution in [0.3, 0.4) is 0 Å². The molecular weight excluding hydrogens is 306 g/mol. The lowest BCUT2D eigenvalue weighted by Gasteiger charge is -2.25. The van der Waals surface area contributed by atoms with Crippen molar-refractivity contribution >= 4 is 22.4 Å². The Bertz CT molecular complexity index is 922. The van der Waals surface area contributed by atoms with Gasteiger partial charge in [0, 0.05) is 16.5 Å². The van der Waals surface area contributed by atoms with Crippen LogP contribution in [0.25, 0.3) is 10.8 Å². The number of ether oxygens (including phenoxy) is 2. The molecule has 0 spiro atoms. The van der Waals surface area contributed by atoms with Gasteiger partial charge in [0.15, 0.2) is 11.5 Å². The Hall–Kier alpha value is -3.21. The van der Waals surface area contributed by atoms with Crippen LogP contribution < -0.4 is 14.8 Å². The highest BCUT2D eigenvalue weighted by Crippen LogP contribution is 2.32. The monoisotopic (exact) mass is 321 g/mol. The predicted octanol–water partition coefficient (Wildman–Crippen LogP) is 3.32. The highest BCUT2D eigenvalue weighted by Gasteiger charge is 2.27. The minimum absolute atomic E-state index is 0.152. The molecule has 0 aromatic heterocycles. The summed E-state index contributed by atoms with van der Waals surface area (Å²) < 4.78 is 11.3. The van der Waals surface area contributed by atoms with E-state index in [1.165, 1.54) is 0 Å². The summed E-state index contributed by atoms with van der Waals surface area (Å²) in [5.41, 5.74) is 0.621. The molecule has 1 aliphatic rings. The first kappa shape index (κ1) is 14.4. The van der Waals surface area contributed by atoms with Crippen LogP contribution in [-0.4, -0.2) is 23.7 Å². The molecule has 1 unspecified atom stereocenters. The van der Waals surface area contributed by atoms with E-state index in [2.05, 4.69) is 5.32 Å². The Balaban J connectivity index is 1.58. The summed E-state index contributed by atoms with van der Waals surface area (Å²) in [7, 11) is 0. The molecule has 3 aromatic rings. The van der Waals surface area contributed by atoms with Crippen molar-refractivity contribution in [2.75, 3.05) is 11.9 Å². The van der Waals surface area contributed by atoms with Crippen molar-refractivity contribution in [3.8, 4) is 17.2 Å². The first-order valence-corrected chi connectivity index (χ1v) is 7.62. The molecule has 24 heavy (non-hydrogen) atoms. The molecule has 1 heterocycles. The van der Waals surface area contributed by atoms with Crippen LogP contribution in [0.5, 0.6) is 17.2 Å². The molecule has 4 rings (SSSR count). The van der Waals surface area contributed by atoms with E-state index < -0.39 is 6.10 Å². The molecule has 0 fully saturated rings. The summed E-state index contributed by atoms with van der Waals surface area (Å²) in [4.78, 5) is 12.5. The first-order chi connectivity index (χ1) is 11.7. The summed E-state index contributed by atoms with van der Waals surface area (Å²) in [6.07, 6.45) is -0.729. The van der Waals surface area contributed by atoms with Gasteiger partial charge in [0.2, 0.25) is 6.10 Å². The van der Waals surface area contributed by atoms with Crippen molar-refractivity contribution in [3.63, 3.8) is 0 Å². The van der Waals surface area contributed by atoms with Crippen LogP contribution in [-0.2, 0) is 4.79 Å². The zero-order valence-electron chi connectivity index (χ0n) is 12.7. The SMILES string of the molecule is O=C(Nc1cccc2c(O)cccc12)C1COc2ccccc2O1. The molecule has 5 heteroatoms. The number of phenols is 1. The quantitative estimate of drug-likeness (QED) is 0.760. The molecule has 2 N–H and O–H groups in total. The summed E-state index contributed by atoms with van der Waals surface area (Å²) in [6, 6.07) is 17.8. The van der Waals surface area contributed by atoms with Gasteiger partial charge in [-0.25, -0.2) is 0 Å². The lowest BCUT2D eigenvalue weighted by molar-refractivity contribution is -0.125. The maximum Gasteiger partial charge on any atom is 0.269 e. The standard InChI is InChI=1S/C19H15NO4/c21-15-8-4-5-12-13(15)6-3-7-14(12)20-19(22)18-11-23-16-9-1-2-10-17(16)24-18/h1-10,18,21H,11H2,(H,20,22). The number of carbonyl (C=O) groups excluding carboxylic acids is 1. The van der Waals surface area contributed by atoms with E-state index in [-0.39, 0.29) is 18.3 Å². The third-order valence-corrected chi connectivity index (χ3v) is 3.96. The van der Waals surface area contributed by atoms with E-state index in [4.69, 9.17) is 9.47 Å². The molecular formula is C19H15NO4. The molecule has 0 saturated heterocycles. The fourth-order valence-corrected chi connectivity index (χ4v) is 2.76. The number of hydrogen-bond donors (Lipinski definition) is 2. The number of phenolic OH excluding ortho intramolecular Hbond substituents is 1. The van der Waals surface area contributed by atoms with Gasteiger partial charge in [-0.2, -0.15) is 0 Å². The van der Waals surface area contributed by atoms with Gasteiger partial charge in [-0.1, -0.05) is 36.4 Å². The van der Waals surface area contributed by atoms with Gasteiger partial charge in [-0.15, -0.1) is 0 Å². The summed E-state index contributed by atoms with van der Waals surface area (Å²) in [5, 5.41) is 14.2. The van der Waals surface area contributed by atoms with Crippen LogP contribution in [0.15, 0.2) is 60.7 Å². The average molecular weight is 321 g/mol. The molecule has 5 nitrogen and oxygen atoms in total. The first-order valence-electron chi connectivity index (χ1n) is 7.62. The fraction of sp³-hybridized carbons (Fsp3) is 0.105. The number of rotatable bonds is 2. The number of benzene rings is 3. The zero-order valence-corrected chi connectivity index (χ0v) is 12.7. The Labute approximate surface area is 138 Å². The largest absolute Gasteiger partial charge is 0.507 e. The van der Waals surface area contributed by atoms with Gasteiger partial charge >= 0.3 is 0 Å². The number of anilines is 1. The highest BCUT2D eigenvalue weighted by atomic mass is 16.6. The topological polar surface area (TPSA) is 67.8 Å². The maximum atomic E-state index is 12.5. The Morgan fingerprint density at radius 1 is 0.958 bits per heavy atom. The minimum atomic E-state index is -0.729. The van der Waals surface area contributed by atoms with E-state index in [1.807, 2.05) is 18.2 Å². The van der Waals surface area contributed by atoms with Crippen molar-refractivity contribution in [1.82, 2.24) is 0 Å². The number of hydrogen-bond acceptors (Lipinski definition) is 4. The predicted molar refractivity (Wildman–Crippen MR) is 90.6 cm³/mol. The second-order valence-corrected chi connectivity index (χ2v) is 5.53. The molecule has 1 atom stereocenters. The van der Waals surface area contributed by atoms with Gasteiger partial charge in [0.05, 0.1) is 0 Å². The summed E-state index contributed by atoms with van der Waals surface area (Å²) in [6.45, 7) is 0.152.